The van der Waals surface area contributed by atoms with Crippen molar-refractivity contribution in [3.05, 3.63) is 0 Å². The fourth-order valence-electron chi connectivity index (χ4n) is 4.93. The maximum absolute atomic E-state index is 4.00. The standard InChI is InChI=1S/C17H33N3/c1-16(2,3)14-9-11-12-10-18-8-7-13(12)19-15(11)20(14)17(4,5)6/h11-15,18-19H,7-10H2,1-6H3. The molecule has 3 saturated heterocycles. The van der Waals surface area contributed by atoms with E-state index in [4.69, 9.17) is 0 Å². The summed E-state index contributed by atoms with van der Waals surface area (Å²) in [6.45, 7) is 16.8. The van der Waals surface area contributed by atoms with Gasteiger partial charge in [0.25, 0.3) is 0 Å². The van der Waals surface area contributed by atoms with Crippen LogP contribution in [0.3, 0.4) is 0 Å². The van der Waals surface area contributed by atoms with Crippen LogP contribution < -0.4 is 10.6 Å². The molecule has 3 aliphatic rings. The highest BCUT2D eigenvalue weighted by Gasteiger charge is 2.56. The minimum Gasteiger partial charge on any atom is -0.316 e. The van der Waals surface area contributed by atoms with Crippen LogP contribution in [0.15, 0.2) is 0 Å². The van der Waals surface area contributed by atoms with Crippen molar-refractivity contribution in [1.82, 2.24) is 15.5 Å². The monoisotopic (exact) mass is 279 g/mol. The molecule has 0 spiro atoms. The van der Waals surface area contributed by atoms with E-state index in [1.807, 2.05) is 0 Å². The van der Waals surface area contributed by atoms with Crippen molar-refractivity contribution in [2.24, 2.45) is 17.3 Å². The van der Waals surface area contributed by atoms with Gasteiger partial charge < -0.3 is 5.32 Å². The van der Waals surface area contributed by atoms with Crippen molar-refractivity contribution in [1.29, 1.82) is 0 Å². The maximum Gasteiger partial charge on any atom is 0.0639 e. The van der Waals surface area contributed by atoms with E-state index in [0.717, 1.165) is 17.9 Å². The van der Waals surface area contributed by atoms with E-state index in [1.165, 1.54) is 25.9 Å². The quantitative estimate of drug-likeness (QED) is 0.713. The fourth-order valence-corrected chi connectivity index (χ4v) is 4.93. The van der Waals surface area contributed by atoms with Crippen LogP contribution in [0.1, 0.15) is 54.4 Å². The van der Waals surface area contributed by atoms with Crippen LogP contribution in [0.5, 0.6) is 0 Å². The SMILES string of the molecule is CC(C)(C)C1CC2C3CNCCC3NC2N1C(C)(C)C. The van der Waals surface area contributed by atoms with E-state index in [1.54, 1.807) is 0 Å². The molecular formula is C17H33N3. The number of hydrogen-bond donors (Lipinski definition) is 2. The van der Waals surface area contributed by atoms with Crippen LogP contribution in [0.25, 0.3) is 0 Å². The lowest BCUT2D eigenvalue weighted by molar-refractivity contribution is 0.0141. The van der Waals surface area contributed by atoms with E-state index < -0.39 is 0 Å². The first-order valence-corrected chi connectivity index (χ1v) is 8.45. The molecule has 3 heterocycles. The van der Waals surface area contributed by atoms with Gasteiger partial charge in [-0.25, -0.2) is 0 Å². The molecule has 5 unspecified atom stereocenters. The highest BCUT2D eigenvalue weighted by molar-refractivity contribution is 5.10. The first-order valence-electron chi connectivity index (χ1n) is 8.45. The maximum atomic E-state index is 4.00. The van der Waals surface area contributed by atoms with Gasteiger partial charge in [0.15, 0.2) is 0 Å². The van der Waals surface area contributed by atoms with Crippen molar-refractivity contribution in [2.75, 3.05) is 13.1 Å². The molecule has 3 nitrogen and oxygen atoms in total. The van der Waals surface area contributed by atoms with Crippen LogP contribution >= 0.6 is 0 Å². The molecule has 0 aromatic carbocycles. The van der Waals surface area contributed by atoms with Gasteiger partial charge in [-0.15, -0.1) is 0 Å². The molecule has 2 N–H and O–H groups in total. The molecule has 5 atom stereocenters. The molecule has 0 radical (unpaired) electrons. The number of likely N-dealkylation sites (tertiary alicyclic amines) is 1. The Morgan fingerprint density at radius 3 is 2.30 bits per heavy atom. The normalized spacial score (nSPS) is 42.6. The number of nitrogens with one attached hydrogen (secondary N) is 2. The average molecular weight is 279 g/mol. The molecular weight excluding hydrogens is 246 g/mol. The summed E-state index contributed by atoms with van der Waals surface area (Å²) in [6, 6.07) is 1.44. The van der Waals surface area contributed by atoms with Crippen molar-refractivity contribution < 1.29 is 0 Å². The number of nitrogens with zero attached hydrogens (tertiary/aromatic N) is 1. The van der Waals surface area contributed by atoms with E-state index in [2.05, 4.69) is 57.1 Å². The number of rotatable bonds is 0. The molecule has 20 heavy (non-hydrogen) atoms. The minimum absolute atomic E-state index is 0.241. The molecule has 3 rings (SSSR count). The first kappa shape index (κ1) is 14.8. The largest absolute Gasteiger partial charge is 0.316 e. The van der Waals surface area contributed by atoms with Crippen LogP contribution in [-0.4, -0.2) is 41.8 Å². The van der Waals surface area contributed by atoms with E-state index in [9.17, 15) is 0 Å². The predicted molar refractivity (Wildman–Crippen MR) is 84.6 cm³/mol. The lowest BCUT2D eigenvalue weighted by Gasteiger charge is -2.46. The topological polar surface area (TPSA) is 27.3 Å². The summed E-state index contributed by atoms with van der Waals surface area (Å²) in [6.07, 6.45) is 3.26. The second kappa shape index (κ2) is 4.69. The Bertz CT molecular complexity index is 365. The second-order valence-corrected chi connectivity index (χ2v) is 9.23. The minimum atomic E-state index is 0.241. The molecule has 0 aliphatic carbocycles. The van der Waals surface area contributed by atoms with Gasteiger partial charge in [-0.2, -0.15) is 0 Å². The van der Waals surface area contributed by atoms with Crippen LogP contribution in [-0.2, 0) is 0 Å². The summed E-state index contributed by atoms with van der Waals surface area (Å²) in [5, 5.41) is 7.62. The summed E-state index contributed by atoms with van der Waals surface area (Å²) in [4.78, 5) is 2.80. The zero-order valence-corrected chi connectivity index (χ0v) is 14.2. The molecule has 0 saturated carbocycles. The molecule has 116 valence electrons. The molecule has 3 heteroatoms. The Morgan fingerprint density at radius 1 is 1.00 bits per heavy atom. The van der Waals surface area contributed by atoms with E-state index >= 15 is 0 Å². The summed E-state index contributed by atoms with van der Waals surface area (Å²) in [5.41, 5.74) is 0.599. The van der Waals surface area contributed by atoms with Gasteiger partial charge in [0.2, 0.25) is 0 Å². The Labute approximate surface area is 124 Å². The zero-order valence-electron chi connectivity index (χ0n) is 14.2. The summed E-state index contributed by atoms with van der Waals surface area (Å²) < 4.78 is 0. The Kier molecular flexibility index (Phi) is 3.47. The van der Waals surface area contributed by atoms with Crippen LogP contribution in [0, 0.1) is 17.3 Å². The van der Waals surface area contributed by atoms with Gasteiger partial charge in [0, 0.05) is 17.6 Å². The average Bonchev–Trinajstić information content (AvgIpc) is 2.81. The third kappa shape index (κ3) is 2.32. The Balaban J connectivity index is 1.89. The van der Waals surface area contributed by atoms with Crippen LogP contribution in [0.2, 0.25) is 0 Å². The number of fused-ring (bicyclic) bond motifs is 3. The second-order valence-electron chi connectivity index (χ2n) is 9.23. The lowest BCUT2D eigenvalue weighted by atomic mass is 9.78. The van der Waals surface area contributed by atoms with Crippen molar-refractivity contribution >= 4 is 0 Å². The highest BCUT2D eigenvalue weighted by atomic mass is 15.4. The van der Waals surface area contributed by atoms with Gasteiger partial charge >= 0.3 is 0 Å². The van der Waals surface area contributed by atoms with Gasteiger partial charge in [0.05, 0.1) is 6.17 Å². The van der Waals surface area contributed by atoms with E-state index in [0.29, 0.717) is 17.6 Å². The molecule has 0 amide bonds. The van der Waals surface area contributed by atoms with Gasteiger partial charge in [-0.3, -0.25) is 10.2 Å². The lowest BCUT2D eigenvalue weighted by Crippen LogP contribution is -2.57. The predicted octanol–water partition coefficient (Wildman–Crippen LogP) is 2.43. The molecule has 0 aromatic heterocycles. The summed E-state index contributed by atoms with van der Waals surface area (Å²) in [7, 11) is 0. The van der Waals surface area contributed by atoms with Crippen LogP contribution in [0.4, 0.5) is 0 Å². The molecule has 3 fully saturated rings. The number of hydrogen-bond acceptors (Lipinski definition) is 3. The first-order chi connectivity index (χ1) is 9.19. The van der Waals surface area contributed by atoms with Gasteiger partial charge in [-0.05, 0) is 64.0 Å². The van der Waals surface area contributed by atoms with Gasteiger partial charge in [0.1, 0.15) is 0 Å². The van der Waals surface area contributed by atoms with Crippen molar-refractivity contribution in [3.63, 3.8) is 0 Å². The third-order valence-corrected chi connectivity index (χ3v) is 5.77. The smallest absolute Gasteiger partial charge is 0.0639 e. The van der Waals surface area contributed by atoms with Gasteiger partial charge in [-0.1, -0.05) is 20.8 Å². The summed E-state index contributed by atoms with van der Waals surface area (Å²) >= 11 is 0. The molecule has 0 aromatic rings. The third-order valence-electron chi connectivity index (χ3n) is 5.77. The fraction of sp³-hybridized carbons (Fsp3) is 1.00. The van der Waals surface area contributed by atoms with E-state index in [-0.39, 0.29) is 5.54 Å². The Morgan fingerprint density at radius 2 is 1.70 bits per heavy atom. The summed E-state index contributed by atoms with van der Waals surface area (Å²) in [5.74, 6) is 1.67. The zero-order chi connectivity index (χ0) is 14.7. The van der Waals surface area contributed by atoms with Crippen molar-refractivity contribution in [3.8, 4) is 0 Å². The molecule has 3 aliphatic heterocycles. The number of piperidine rings is 1. The van der Waals surface area contributed by atoms with Crippen molar-refractivity contribution in [2.45, 2.75) is 78.2 Å². The molecule has 0 bridgehead atoms. The highest BCUT2D eigenvalue weighted by Crippen LogP contribution is 2.49. The Hall–Kier alpha value is -0.120.